The summed E-state index contributed by atoms with van der Waals surface area (Å²) in [4.78, 5) is 2.04. The lowest BCUT2D eigenvalue weighted by Crippen LogP contribution is -2.36. The molecule has 122 valence electrons. The molecule has 1 unspecified atom stereocenters. The Morgan fingerprint density at radius 2 is 2.00 bits per heavy atom. The molecule has 0 aromatic heterocycles. The van der Waals surface area contributed by atoms with Crippen LogP contribution in [0.2, 0.25) is 0 Å². The molecule has 0 spiro atoms. The van der Waals surface area contributed by atoms with Gasteiger partial charge in [-0.3, -0.25) is 0 Å². The number of halogens is 1. The zero-order valence-corrected chi connectivity index (χ0v) is 13.4. The summed E-state index contributed by atoms with van der Waals surface area (Å²) in [7, 11) is 0. The predicted molar refractivity (Wildman–Crippen MR) is 87.5 cm³/mol. The molecule has 2 aliphatic rings. The molecule has 22 heavy (non-hydrogen) atoms. The number of rotatable bonds is 6. The maximum atomic E-state index is 14.3. The van der Waals surface area contributed by atoms with E-state index in [0.29, 0.717) is 11.7 Å². The largest absolute Gasteiger partial charge is 0.393 e. The Balaban J connectivity index is 1.54. The molecule has 1 heterocycles. The fourth-order valence-corrected chi connectivity index (χ4v) is 3.25. The van der Waals surface area contributed by atoms with E-state index in [0.717, 1.165) is 44.0 Å². The van der Waals surface area contributed by atoms with Crippen molar-refractivity contribution in [3.8, 4) is 0 Å². The minimum Gasteiger partial charge on any atom is -0.393 e. The van der Waals surface area contributed by atoms with Crippen LogP contribution in [0.5, 0.6) is 0 Å². The van der Waals surface area contributed by atoms with E-state index < -0.39 is 0 Å². The van der Waals surface area contributed by atoms with Gasteiger partial charge in [0, 0.05) is 25.7 Å². The van der Waals surface area contributed by atoms with E-state index in [4.69, 9.17) is 0 Å². The number of hydrogen-bond acceptors (Lipinski definition) is 3. The van der Waals surface area contributed by atoms with Crippen molar-refractivity contribution < 1.29 is 9.50 Å². The van der Waals surface area contributed by atoms with Crippen molar-refractivity contribution in [1.82, 2.24) is 5.32 Å². The fraction of sp³-hybridized carbons (Fsp3) is 0.667. The molecule has 0 amide bonds. The first kappa shape index (κ1) is 15.8. The summed E-state index contributed by atoms with van der Waals surface area (Å²) in [5.74, 6) is 0.765. The van der Waals surface area contributed by atoms with Crippen molar-refractivity contribution in [2.45, 2.75) is 57.7 Å². The average Bonchev–Trinajstić information content (AvgIpc) is 3.30. The van der Waals surface area contributed by atoms with Crippen LogP contribution in [0.15, 0.2) is 18.2 Å². The lowest BCUT2D eigenvalue weighted by atomic mass is 10.1. The number of aliphatic hydroxyl groups excluding tert-OH is 1. The number of aliphatic hydroxyl groups is 1. The number of nitrogens with one attached hydrogen (secondary N) is 1. The second-order valence-corrected chi connectivity index (χ2v) is 6.97. The topological polar surface area (TPSA) is 35.5 Å². The van der Waals surface area contributed by atoms with Crippen LogP contribution >= 0.6 is 0 Å². The Morgan fingerprint density at radius 1 is 1.27 bits per heavy atom. The third kappa shape index (κ3) is 4.20. The Labute approximate surface area is 132 Å². The summed E-state index contributed by atoms with van der Waals surface area (Å²) in [6.45, 7) is 4.40. The van der Waals surface area contributed by atoms with Gasteiger partial charge in [-0.25, -0.2) is 4.39 Å². The summed E-state index contributed by atoms with van der Waals surface area (Å²) in [5.41, 5.74) is 1.67. The van der Waals surface area contributed by atoms with Crippen LogP contribution in [0.3, 0.4) is 0 Å². The third-order valence-corrected chi connectivity index (χ3v) is 4.86. The molecule has 1 aromatic carbocycles. The number of anilines is 1. The van der Waals surface area contributed by atoms with Crippen LogP contribution in [-0.2, 0) is 6.54 Å². The third-order valence-electron chi connectivity index (χ3n) is 4.86. The monoisotopic (exact) mass is 306 g/mol. The molecule has 1 aromatic rings. The van der Waals surface area contributed by atoms with Gasteiger partial charge in [0.25, 0.3) is 0 Å². The summed E-state index contributed by atoms with van der Waals surface area (Å²) in [6, 6.07) is 6.05. The molecule has 1 aliphatic carbocycles. The van der Waals surface area contributed by atoms with E-state index in [1.807, 2.05) is 17.0 Å². The van der Waals surface area contributed by atoms with Crippen molar-refractivity contribution in [1.29, 1.82) is 0 Å². The normalized spacial score (nSPS) is 21.1. The predicted octanol–water partition coefficient (Wildman–Crippen LogP) is 3.07. The first-order valence-corrected chi connectivity index (χ1v) is 8.56. The highest BCUT2D eigenvalue weighted by molar-refractivity contribution is 5.49. The summed E-state index contributed by atoms with van der Waals surface area (Å²) >= 11 is 0. The molecule has 1 saturated heterocycles. The highest BCUT2D eigenvalue weighted by Gasteiger charge is 2.23. The van der Waals surface area contributed by atoms with Crippen molar-refractivity contribution in [3.63, 3.8) is 0 Å². The highest BCUT2D eigenvalue weighted by Crippen LogP contribution is 2.33. The van der Waals surface area contributed by atoms with Crippen molar-refractivity contribution >= 4 is 5.69 Å². The lowest BCUT2D eigenvalue weighted by molar-refractivity contribution is 0.145. The van der Waals surface area contributed by atoms with Crippen LogP contribution in [0.25, 0.3) is 0 Å². The van der Waals surface area contributed by atoms with Crippen LogP contribution in [0.1, 0.15) is 44.6 Å². The van der Waals surface area contributed by atoms with Gasteiger partial charge in [0.05, 0.1) is 11.8 Å². The molecule has 0 bridgehead atoms. The van der Waals surface area contributed by atoms with E-state index in [9.17, 15) is 9.50 Å². The second kappa shape index (κ2) is 6.97. The lowest BCUT2D eigenvalue weighted by Gasteiger charge is -2.31. The molecule has 1 aliphatic heterocycles. The van der Waals surface area contributed by atoms with Crippen LogP contribution in [0, 0.1) is 11.7 Å². The van der Waals surface area contributed by atoms with Crippen molar-refractivity contribution in [2.75, 3.05) is 18.0 Å². The molecule has 4 heteroatoms. The number of benzene rings is 1. The standard InChI is InChI=1S/C18H27FN2O/c1-13(10-14-2-3-14)20-12-15-4-5-18(17(19)11-15)21-8-6-16(22)7-9-21/h4-5,11,13-14,16,20,22H,2-3,6-10,12H2,1H3. The minimum absolute atomic E-state index is 0.148. The molecular formula is C18H27FN2O. The van der Waals surface area contributed by atoms with Crippen LogP contribution in [-0.4, -0.2) is 30.3 Å². The Bertz CT molecular complexity index is 496. The average molecular weight is 306 g/mol. The quantitative estimate of drug-likeness (QED) is 0.848. The van der Waals surface area contributed by atoms with Crippen molar-refractivity contribution in [3.05, 3.63) is 29.6 Å². The summed E-state index contributed by atoms with van der Waals surface area (Å²) in [6.07, 6.45) is 5.20. The summed E-state index contributed by atoms with van der Waals surface area (Å²) in [5, 5.41) is 13.0. The van der Waals surface area contributed by atoms with Gasteiger partial charge in [-0.05, 0) is 49.8 Å². The summed E-state index contributed by atoms with van der Waals surface area (Å²) < 4.78 is 14.3. The highest BCUT2D eigenvalue weighted by atomic mass is 19.1. The van der Waals surface area contributed by atoms with Gasteiger partial charge < -0.3 is 15.3 Å². The van der Waals surface area contributed by atoms with Crippen molar-refractivity contribution in [2.24, 2.45) is 5.92 Å². The van der Waals surface area contributed by atoms with E-state index in [1.165, 1.54) is 19.3 Å². The number of hydrogen-bond donors (Lipinski definition) is 2. The van der Waals surface area contributed by atoms with E-state index in [2.05, 4.69) is 12.2 Å². The van der Waals surface area contributed by atoms with Crippen LogP contribution < -0.4 is 10.2 Å². The van der Waals surface area contributed by atoms with Gasteiger partial charge >= 0.3 is 0 Å². The molecular weight excluding hydrogens is 279 g/mol. The smallest absolute Gasteiger partial charge is 0.146 e. The van der Waals surface area contributed by atoms with Gasteiger partial charge in [-0.15, -0.1) is 0 Å². The van der Waals surface area contributed by atoms with Gasteiger partial charge in [-0.2, -0.15) is 0 Å². The molecule has 2 N–H and O–H groups in total. The molecule has 3 nitrogen and oxygen atoms in total. The SMILES string of the molecule is CC(CC1CC1)NCc1ccc(N2CCC(O)CC2)c(F)c1. The van der Waals surface area contributed by atoms with E-state index >= 15 is 0 Å². The molecule has 1 atom stereocenters. The van der Waals surface area contributed by atoms with Gasteiger partial charge in [0.2, 0.25) is 0 Å². The zero-order chi connectivity index (χ0) is 15.5. The van der Waals surface area contributed by atoms with Crippen LogP contribution in [0.4, 0.5) is 10.1 Å². The number of piperidine rings is 1. The first-order chi connectivity index (χ1) is 10.6. The van der Waals surface area contributed by atoms with E-state index in [1.54, 1.807) is 6.07 Å². The second-order valence-electron chi connectivity index (χ2n) is 6.97. The van der Waals surface area contributed by atoms with Gasteiger partial charge in [0.15, 0.2) is 0 Å². The first-order valence-electron chi connectivity index (χ1n) is 8.56. The number of nitrogens with zero attached hydrogens (tertiary/aromatic N) is 1. The molecule has 0 radical (unpaired) electrons. The maximum Gasteiger partial charge on any atom is 0.146 e. The minimum atomic E-state index is -0.226. The van der Waals surface area contributed by atoms with E-state index in [-0.39, 0.29) is 11.9 Å². The molecule has 3 rings (SSSR count). The Morgan fingerprint density at radius 3 is 2.64 bits per heavy atom. The zero-order valence-electron chi connectivity index (χ0n) is 13.4. The van der Waals surface area contributed by atoms with Gasteiger partial charge in [-0.1, -0.05) is 18.9 Å². The molecule has 1 saturated carbocycles. The molecule has 2 fully saturated rings. The Hall–Kier alpha value is -1.13. The van der Waals surface area contributed by atoms with Gasteiger partial charge in [0.1, 0.15) is 5.82 Å². The Kier molecular flexibility index (Phi) is 4.99. The maximum absolute atomic E-state index is 14.3. The fourth-order valence-electron chi connectivity index (χ4n) is 3.25.